The number of rotatable bonds is 6. The fraction of sp³-hybridized carbons (Fsp3) is 0.440. The first-order valence-corrected chi connectivity index (χ1v) is 11.6. The summed E-state index contributed by atoms with van der Waals surface area (Å²) in [5.74, 6) is 2.87. The van der Waals surface area contributed by atoms with Crippen molar-refractivity contribution in [3.8, 4) is 17.2 Å². The molecule has 1 saturated carbocycles. The molecule has 0 atom stereocenters. The summed E-state index contributed by atoms with van der Waals surface area (Å²) in [6.07, 6.45) is 3.57. The highest BCUT2D eigenvalue weighted by atomic mass is 16.6. The predicted octanol–water partition coefficient (Wildman–Crippen LogP) is 3.34. The van der Waals surface area contributed by atoms with E-state index in [9.17, 15) is 9.59 Å². The smallest absolute Gasteiger partial charge is 0.322 e. The fourth-order valence-corrected chi connectivity index (χ4v) is 4.03. The van der Waals surface area contributed by atoms with Gasteiger partial charge in [-0.15, -0.1) is 0 Å². The van der Waals surface area contributed by atoms with E-state index in [2.05, 4.69) is 10.6 Å². The average molecular weight is 452 g/mol. The molecule has 0 unspecified atom stereocenters. The van der Waals surface area contributed by atoms with Crippen LogP contribution in [0, 0.1) is 5.92 Å². The minimum Gasteiger partial charge on any atom is -0.491 e. The first kappa shape index (κ1) is 21.4. The number of amides is 3. The summed E-state index contributed by atoms with van der Waals surface area (Å²) in [4.78, 5) is 26.8. The quantitative estimate of drug-likeness (QED) is 0.703. The molecule has 0 saturated heterocycles. The summed E-state index contributed by atoms with van der Waals surface area (Å²) in [6, 6.07) is 11.2. The number of benzene rings is 2. The molecule has 8 heteroatoms. The van der Waals surface area contributed by atoms with Crippen molar-refractivity contribution in [2.24, 2.45) is 5.92 Å². The third-order valence-corrected chi connectivity index (χ3v) is 6.11. The maximum absolute atomic E-state index is 13.0. The maximum atomic E-state index is 13.0. The van der Waals surface area contributed by atoms with Crippen LogP contribution < -0.4 is 24.8 Å². The van der Waals surface area contributed by atoms with Gasteiger partial charge in [-0.2, -0.15) is 0 Å². The van der Waals surface area contributed by atoms with Crippen LogP contribution in [-0.4, -0.2) is 49.7 Å². The Morgan fingerprint density at radius 1 is 0.939 bits per heavy atom. The summed E-state index contributed by atoms with van der Waals surface area (Å²) in [6.45, 7) is 3.15. The summed E-state index contributed by atoms with van der Waals surface area (Å²) in [5.41, 5.74) is 2.66. The van der Waals surface area contributed by atoms with E-state index < -0.39 is 0 Å². The predicted molar refractivity (Wildman–Crippen MR) is 123 cm³/mol. The lowest BCUT2D eigenvalue weighted by atomic mass is 10.0. The van der Waals surface area contributed by atoms with Crippen LogP contribution in [0.3, 0.4) is 0 Å². The van der Waals surface area contributed by atoms with Gasteiger partial charge >= 0.3 is 6.03 Å². The van der Waals surface area contributed by atoms with Crippen molar-refractivity contribution in [3.63, 3.8) is 0 Å². The molecule has 5 rings (SSSR count). The number of nitrogens with zero attached hydrogens (tertiary/aromatic N) is 1. The van der Waals surface area contributed by atoms with E-state index in [1.807, 2.05) is 18.2 Å². The molecule has 2 N–H and O–H groups in total. The van der Waals surface area contributed by atoms with Crippen LogP contribution in [0.4, 0.5) is 10.5 Å². The number of carbonyl (C=O) groups excluding carboxylic acids is 2. The van der Waals surface area contributed by atoms with E-state index >= 15 is 0 Å². The molecule has 1 aliphatic carbocycles. The molecule has 1 fully saturated rings. The van der Waals surface area contributed by atoms with Gasteiger partial charge in [-0.1, -0.05) is 12.1 Å². The maximum Gasteiger partial charge on any atom is 0.322 e. The number of urea groups is 1. The Morgan fingerprint density at radius 3 is 2.58 bits per heavy atom. The third kappa shape index (κ3) is 5.50. The van der Waals surface area contributed by atoms with Crippen molar-refractivity contribution in [2.75, 3.05) is 38.2 Å². The van der Waals surface area contributed by atoms with Crippen LogP contribution in [-0.2, 0) is 17.8 Å². The molecular formula is C25H29N3O5. The van der Waals surface area contributed by atoms with Gasteiger partial charge in [-0.3, -0.25) is 4.79 Å². The SMILES string of the molecule is O=C(CCc1ccc2c(c1)CN(C(=O)Nc1ccc3c(c1)OCCO3)CCO2)NCC1CC1. The van der Waals surface area contributed by atoms with Gasteiger partial charge in [0.1, 0.15) is 25.6 Å². The van der Waals surface area contributed by atoms with E-state index in [4.69, 9.17) is 14.2 Å². The highest BCUT2D eigenvalue weighted by Gasteiger charge is 2.23. The Morgan fingerprint density at radius 2 is 1.73 bits per heavy atom. The molecule has 33 heavy (non-hydrogen) atoms. The van der Waals surface area contributed by atoms with Gasteiger partial charge in [0, 0.05) is 30.3 Å². The Hall–Kier alpha value is -3.42. The van der Waals surface area contributed by atoms with Crippen LogP contribution in [0.5, 0.6) is 17.2 Å². The van der Waals surface area contributed by atoms with E-state index in [-0.39, 0.29) is 11.9 Å². The van der Waals surface area contributed by atoms with E-state index in [0.717, 1.165) is 23.4 Å². The van der Waals surface area contributed by atoms with Crippen LogP contribution in [0.2, 0.25) is 0 Å². The highest BCUT2D eigenvalue weighted by molar-refractivity contribution is 5.89. The van der Waals surface area contributed by atoms with Gasteiger partial charge < -0.3 is 29.7 Å². The summed E-state index contributed by atoms with van der Waals surface area (Å²) in [5, 5.41) is 5.96. The van der Waals surface area contributed by atoms with Crippen LogP contribution >= 0.6 is 0 Å². The highest BCUT2D eigenvalue weighted by Crippen LogP contribution is 2.33. The van der Waals surface area contributed by atoms with E-state index in [1.54, 1.807) is 23.1 Å². The molecule has 8 nitrogen and oxygen atoms in total. The van der Waals surface area contributed by atoms with Gasteiger partial charge in [0.05, 0.1) is 13.1 Å². The molecule has 0 radical (unpaired) electrons. The van der Waals surface area contributed by atoms with E-state index in [0.29, 0.717) is 68.9 Å². The number of aryl methyl sites for hydroxylation is 1. The Balaban J connectivity index is 1.20. The lowest BCUT2D eigenvalue weighted by molar-refractivity contribution is -0.121. The Labute approximate surface area is 193 Å². The average Bonchev–Trinajstić information content (AvgIpc) is 3.67. The minimum atomic E-state index is -0.201. The van der Waals surface area contributed by atoms with Crippen molar-refractivity contribution in [1.82, 2.24) is 10.2 Å². The standard InChI is InChI=1S/C25H29N3O5/c29-24(26-15-18-1-2-18)8-4-17-3-6-21-19(13-17)16-28(9-10-31-21)25(30)27-20-5-7-22-23(14-20)33-12-11-32-22/h3,5-7,13-14,18H,1-2,4,8-12,15-16H2,(H,26,29)(H,27,30). The first-order chi connectivity index (χ1) is 16.1. The van der Waals surface area contributed by atoms with Crippen molar-refractivity contribution in [1.29, 1.82) is 0 Å². The van der Waals surface area contributed by atoms with Crippen molar-refractivity contribution in [2.45, 2.75) is 32.2 Å². The zero-order valence-corrected chi connectivity index (χ0v) is 18.6. The molecule has 2 aromatic rings. The number of fused-ring (bicyclic) bond motifs is 2. The minimum absolute atomic E-state index is 0.0912. The molecular weight excluding hydrogens is 422 g/mol. The zero-order chi connectivity index (χ0) is 22.6. The van der Waals surface area contributed by atoms with Crippen molar-refractivity contribution < 1.29 is 23.8 Å². The van der Waals surface area contributed by atoms with Crippen molar-refractivity contribution >= 4 is 17.6 Å². The number of anilines is 1. The lowest BCUT2D eigenvalue weighted by Gasteiger charge is -2.22. The van der Waals surface area contributed by atoms with Gasteiger partial charge in [-0.05, 0) is 48.9 Å². The number of carbonyl (C=O) groups is 2. The first-order valence-electron chi connectivity index (χ1n) is 11.6. The molecule has 2 aliphatic heterocycles. The molecule has 174 valence electrons. The summed E-state index contributed by atoms with van der Waals surface area (Å²) in [7, 11) is 0. The van der Waals surface area contributed by atoms with Crippen LogP contribution in [0.1, 0.15) is 30.4 Å². The second kappa shape index (κ2) is 9.60. The monoisotopic (exact) mass is 451 g/mol. The number of hydrogen-bond acceptors (Lipinski definition) is 5. The second-order valence-corrected chi connectivity index (χ2v) is 8.75. The van der Waals surface area contributed by atoms with Gasteiger partial charge in [-0.25, -0.2) is 4.79 Å². The molecule has 0 spiro atoms. The van der Waals surface area contributed by atoms with Gasteiger partial charge in [0.15, 0.2) is 11.5 Å². The number of nitrogens with one attached hydrogen (secondary N) is 2. The normalized spacial score (nSPS) is 16.8. The van der Waals surface area contributed by atoms with Gasteiger partial charge in [0.25, 0.3) is 0 Å². The summed E-state index contributed by atoms with van der Waals surface area (Å²) < 4.78 is 17.0. The van der Waals surface area contributed by atoms with E-state index in [1.165, 1.54) is 12.8 Å². The number of hydrogen-bond donors (Lipinski definition) is 2. The lowest BCUT2D eigenvalue weighted by Crippen LogP contribution is -2.36. The largest absolute Gasteiger partial charge is 0.491 e. The molecule has 0 bridgehead atoms. The Bertz CT molecular complexity index is 1040. The molecule has 3 amide bonds. The molecule has 0 aromatic heterocycles. The molecule has 2 heterocycles. The second-order valence-electron chi connectivity index (χ2n) is 8.75. The molecule has 3 aliphatic rings. The zero-order valence-electron chi connectivity index (χ0n) is 18.6. The van der Waals surface area contributed by atoms with Crippen LogP contribution in [0.15, 0.2) is 36.4 Å². The third-order valence-electron chi connectivity index (χ3n) is 6.11. The van der Waals surface area contributed by atoms with Crippen molar-refractivity contribution in [3.05, 3.63) is 47.5 Å². The summed E-state index contributed by atoms with van der Waals surface area (Å²) >= 11 is 0. The molecule has 2 aromatic carbocycles. The fourth-order valence-electron chi connectivity index (χ4n) is 4.03. The van der Waals surface area contributed by atoms with Gasteiger partial charge in [0.2, 0.25) is 5.91 Å². The Kier molecular flexibility index (Phi) is 6.24. The van der Waals surface area contributed by atoms with Crippen LogP contribution in [0.25, 0.3) is 0 Å². The topological polar surface area (TPSA) is 89.1 Å². The number of ether oxygens (including phenoxy) is 3.